The monoisotopic (exact) mass is 482 g/mol. The highest BCUT2D eigenvalue weighted by atomic mass is 16.5. The van der Waals surface area contributed by atoms with E-state index < -0.39 is 0 Å². The van der Waals surface area contributed by atoms with Crippen LogP contribution in [0.4, 0.5) is 5.69 Å². The summed E-state index contributed by atoms with van der Waals surface area (Å²) in [5, 5.41) is 12.1. The van der Waals surface area contributed by atoms with Gasteiger partial charge in [-0.1, -0.05) is 49.9 Å². The Labute approximate surface area is 213 Å². The van der Waals surface area contributed by atoms with Gasteiger partial charge in [0.1, 0.15) is 11.9 Å². The third-order valence-corrected chi connectivity index (χ3v) is 6.56. The molecule has 0 radical (unpaired) electrons. The van der Waals surface area contributed by atoms with Crippen LogP contribution in [-0.2, 0) is 11.3 Å². The summed E-state index contributed by atoms with van der Waals surface area (Å²) in [6.07, 6.45) is 2.30. The van der Waals surface area contributed by atoms with Crippen LogP contribution in [0.15, 0.2) is 79.4 Å². The molecule has 0 atom stereocenters. The summed E-state index contributed by atoms with van der Waals surface area (Å²) in [7, 11) is 0. The molecule has 36 heavy (non-hydrogen) atoms. The normalized spacial score (nSPS) is 13.8. The zero-order valence-electron chi connectivity index (χ0n) is 20.8. The number of rotatable bonds is 9. The number of nitrogen functional groups attached to an aromatic ring is 1. The number of hydrogen-bond acceptors (Lipinski definition) is 5. The van der Waals surface area contributed by atoms with Gasteiger partial charge in [-0.3, -0.25) is 10.2 Å². The molecule has 0 aliphatic carbocycles. The van der Waals surface area contributed by atoms with Crippen LogP contribution in [0.3, 0.4) is 0 Å². The highest BCUT2D eigenvalue weighted by Crippen LogP contribution is 2.24. The fourth-order valence-electron chi connectivity index (χ4n) is 4.36. The van der Waals surface area contributed by atoms with E-state index >= 15 is 0 Å². The molecular formula is C30H34N4O2. The minimum absolute atomic E-state index is 0.0953. The maximum Gasteiger partial charge on any atom is 0.222 e. The number of carbonyl (C=O) groups excluding carboxylic acids is 1. The molecular weight excluding hydrogens is 448 g/mol. The zero-order valence-corrected chi connectivity index (χ0v) is 20.8. The molecule has 1 amide bonds. The molecule has 1 aliphatic rings. The molecule has 3 aromatic carbocycles. The van der Waals surface area contributed by atoms with Gasteiger partial charge >= 0.3 is 0 Å². The average Bonchev–Trinajstić information content (AvgIpc) is 2.92. The summed E-state index contributed by atoms with van der Waals surface area (Å²) in [6.45, 7) is 8.21. The Balaban J connectivity index is 1.38. The largest absolute Gasteiger partial charge is 0.490 e. The number of benzene rings is 3. The summed E-state index contributed by atoms with van der Waals surface area (Å²) in [5.41, 5.74) is 11.4. The van der Waals surface area contributed by atoms with Crippen molar-refractivity contribution in [2.45, 2.75) is 38.8 Å². The van der Waals surface area contributed by atoms with Crippen LogP contribution in [-0.4, -0.2) is 35.7 Å². The van der Waals surface area contributed by atoms with E-state index in [2.05, 4.69) is 24.0 Å². The van der Waals surface area contributed by atoms with Crippen molar-refractivity contribution in [3.05, 3.63) is 102 Å². The number of anilines is 1. The van der Waals surface area contributed by atoms with Gasteiger partial charge in [0.05, 0.1) is 5.71 Å². The lowest BCUT2D eigenvalue weighted by Gasteiger charge is -2.32. The van der Waals surface area contributed by atoms with Gasteiger partial charge in [0.15, 0.2) is 0 Å². The molecule has 0 unspecified atom stereocenters. The van der Waals surface area contributed by atoms with Gasteiger partial charge in [0.2, 0.25) is 5.91 Å². The molecule has 1 fully saturated rings. The number of nitrogens with two attached hydrogens (primary N) is 1. The number of nitrogens with one attached hydrogen (secondary N) is 2. The molecule has 0 bridgehead atoms. The molecule has 0 spiro atoms. The first-order chi connectivity index (χ1) is 17.4. The Bertz CT molecular complexity index is 1210. The summed E-state index contributed by atoms with van der Waals surface area (Å²) in [6, 6.07) is 23.4. The number of nitrogens with zero attached hydrogens (tertiary/aromatic N) is 1. The quantitative estimate of drug-likeness (QED) is 0.288. The van der Waals surface area contributed by atoms with Crippen molar-refractivity contribution in [1.82, 2.24) is 10.2 Å². The Morgan fingerprint density at radius 2 is 1.72 bits per heavy atom. The predicted molar refractivity (Wildman–Crippen MR) is 146 cm³/mol. The van der Waals surface area contributed by atoms with Crippen molar-refractivity contribution in [1.29, 1.82) is 5.41 Å². The summed E-state index contributed by atoms with van der Waals surface area (Å²) in [5.74, 6) is 0.974. The second kappa shape index (κ2) is 11.6. The Morgan fingerprint density at radius 3 is 2.39 bits per heavy atom. The minimum atomic E-state index is 0.0953. The Hall–Kier alpha value is -4.06. The van der Waals surface area contributed by atoms with E-state index in [1.807, 2.05) is 72.5 Å². The molecule has 4 N–H and O–H groups in total. The zero-order chi connectivity index (χ0) is 25.5. The molecule has 0 aromatic heterocycles. The molecule has 3 aromatic rings. The molecule has 1 saturated heterocycles. The highest BCUT2D eigenvalue weighted by molar-refractivity contribution is 6.14. The number of likely N-dealkylation sites (tertiary alicyclic amines) is 1. The Morgan fingerprint density at radius 1 is 1.06 bits per heavy atom. The molecule has 186 valence electrons. The van der Waals surface area contributed by atoms with Crippen LogP contribution in [0.25, 0.3) is 5.70 Å². The van der Waals surface area contributed by atoms with Crippen molar-refractivity contribution in [2.75, 3.05) is 18.8 Å². The van der Waals surface area contributed by atoms with Crippen LogP contribution in [0.5, 0.6) is 5.75 Å². The van der Waals surface area contributed by atoms with E-state index in [0.717, 1.165) is 48.5 Å². The molecule has 0 saturated carbocycles. The second-order valence-corrected chi connectivity index (χ2v) is 9.07. The molecule has 6 heteroatoms. The van der Waals surface area contributed by atoms with Gasteiger partial charge in [0, 0.05) is 61.4 Å². The standard InChI is InChI=1S/C30H34N4O2/c1-3-29(35)34-17-15-26(16-18-34)36-25-12-9-23(10-13-25)30(32)27-19-24(11-14-28(27)31)21(2)33-20-22-7-5-4-6-8-22/h4-14,19,26,32-33H,2-3,15-18,20,31H2,1H3. The number of piperidine rings is 1. The van der Waals surface area contributed by atoms with Crippen molar-refractivity contribution in [2.24, 2.45) is 0 Å². The predicted octanol–water partition coefficient (Wildman–Crippen LogP) is 5.23. The average molecular weight is 483 g/mol. The van der Waals surface area contributed by atoms with E-state index in [-0.39, 0.29) is 12.0 Å². The van der Waals surface area contributed by atoms with E-state index in [1.165, 1.54) is 5.56 Å². The molecule has 4 rings (SSSR count). The molecule has 1 heterocycles. The summed E-state index contributed by atoms with van der Waals surface area (Å²) >= 11 is 0. The third-order valence-electron chi connectivity index (χ3n) is 6.56. The first-order valence-corrected chi connectivity index (χ1v) is 12.4. The number of amides is 1. The number of hydrogen-bond donors (Lipinski definition) is 3. The minimum Gasteiger partial charge on any atom is -0.490 e. The molecule has 6 nitrogen and oxygen atoms in total. The van der Waals surface area contributed by atoms with E-state index in [0.29, 0.717) is 29.9 Å². The van der Waals surface area contributed by atoms with Gasteiger partial charge < -0.3 is 20.7 Å². The smallest absolute Gasteiger partial charge is 0.222 e. The fraction of sp³-hybridized carbons (Fsp3) is 0.267. The van der Waals surface area contributed by atoms with Crippen LogP contribution in [0.1, 0.15) is 48.4 Å². The lowest BCUT2D eigenvalue weighted by molar-refractivity contribution is -0.132. The summed E-state index contributed by atoms with van der Waals surface area (Å²) in [4.78, 5) is 13.8. The van der Waals surface area contributed by atoms with Crippen LogP contribution >= 0.6 is 0 Å². The van der Waals surface area contributed by atoms with Gasteiger partial charge in [-0.25, -0.2) is 0 Å². The third kappa shape index (κ3) is 6.13. The number of ether oxygens (including phenoxy) is 1. The van der Waals surface area contributed by atoms with E-state index in [1.54, 1.807) is 0 Å². The topological polar surface area (TPSA) is 91.4 Å². The first-order valence-electron chi connectivity index (χ1n) is 12.4. The lowest BCUT2D eigenvalue weighted by Crippen LogP contribution is -2.41. The maximum atomic E-state index is 11.9. The highest BCUT2D eigenvalue weighted by Gasteiger charge is 2.23. The van der Waals surface area contributed by atoms with Crippen molar-refractivity contribution < 1.29 is 9.53 Å². The number of carbonyl (C=O) groups is 1. The fourth-order valence-corrected chi connectivity index (χ4v) is 4.36. The lowest BCUT2D eigenvalue weighted by atomic mass is 9.98. The van der Waals surface area contributed by atoms with Crippen molar-refractivity contribution in [3.8, 4) is 5.75 Å². The Kier molecular flexibility index (Phi) is 8.06. The van der Waals surface area contributed by atoms with Crippen molar-refractivity contribution in [3.63, 3.8) is 0 Å². The summed E-state index contributed by atoms with van der Waals surface area (Å²) < 4.78 is 6.14. The van der Waals surface area contributed by atoms with Crippen LogP contribution in [0.2, 0.25) is 0 Å². The van der Waals surface area contributed by atoms with E-state index in [4.69, 9.17) is 15.9 Å². The van der Waals surface area contributed by atoms with Gasteiger partial charge in [0.25, 0.3) is 0 Å². The van der Waals surface area contributed by atoms with E-state index in [9.17, 15) is 4.79 Å². The maximum absolute atomic E-state index is 11.9. The SMILES string of the molecule is C=C(NCc1ccccc1)c1ccc(N)c(C(=N)c2ccc(OC3CCN(C(=O)CC)CC3)cc2)c1. The van der Waals surface area contributed by atoms with Crippen LogP contribution in [0, 0.1) is 5.41 Å². The van der Waals surface area contributed by atoms with Crippen molar-refractivity contribution >= 4 is 23.0 Å². The molecule has 1 aliphatic heterocycles. The van der Waals surface area contributed by atoms with Gasteiger partial charge in [-0.05, 0) is 47.5 Å². The van der Waals surface area contributed by atoms with Gasteiger partial charge in [-0.15, -0.1) is 0 Å². The van der Waals surface area contributed by atoms with Crippen LogP contribution < -0.4 is 15.8 Å². The first kappa shape index (κ1) is 25.0. The second-order valence-electron chi connectivity index (χ2n) is 9.07. The van der Waals surface area contributed by atoms with Gasteiger partial charge in [-0.2, -0.15) is 0 Å².